The molecular formula is C13H14O3. The third-order valence-corrected chi connectivity index (χ3v) is 2.83. The van der Waals surface area contributed by atoms with Gasteiger partial charge in [0.25, 0.3) is 0 Å². The van der Waals surface area contributed by atoms with Crippen molar-refractivity contribution in [3.8, 4) is 5.75 Å². The Kier molecular flexibility index (Phi) is 2.54. The molecule has 0 radical (unpaired) electrons. The fraction of sp³-hybridized carbons (Fsp3) is 0.385. The van der Waals surface area contributed by atoms with Crippen LogP contribution in [0, 0.1) is 0 Å². The van der Waals surface area contributed by atoms with Crippen molar-refractivity contribution >= 4 is 11.0 Å². The van der Waals surface area contributed by atoms with Crippen LogP contribution in [0.25, 0.3) is 11.0 Å². The zero-order chi connectivity index (χ0) is 10.8. The molecule has 0 saturated carbocycles. The molecule has 0 aliphatic carbocycles. The van der Waals surface area contributed by atoms with E-state index in [4.69, 9.17) is 13.9 Å². The summed E-state index contributed by atoms with van der Waals surface area (Å²) in [6.45, 7) is 0.804. The summed E-state index contributed by atoms with van der Waals surface area (Å²) >= 11 is 0. The van der Waals surface area contributed by atoms with Crippen molar-refractivity contribution in [1.29, 1.82) is 0 Å². The number of hydrogen-bond donors (Lipinski definition) is 0. The minimum Gasteiger partial charge on any atom is -0.465 e. The first-order valence-electron chi connectivity index (χ1n) is 5.67. The summed E-state index contributed by atoms with van der Waals surface area (Å²) in [5.41, 5.74) is 0.886. The highest BCUT2D eigenvalue weighted by Gasteiger charge is 2.15. The largest absolute Gasteiger partial charge is 0.465 e. The van der Waals surface area contributed by atoms with Crippen LogP contribution in [0.1, 0.15) is 19.3 Å². The molecule has 2 heterocycles. The molecule has 3 nitrogen and oxygen atoms in total. The van der Waals surface area contributed by atoms with Crippen LogP contribution in [0.3, 0.4) is 0 Å². The summed E-state index contributed by atoms with van der Waals surface area (Å²) in [4.78, 5) is 0. The third kappa shape index (κ3) is 1.91. The topological polar surface area (TPSA) is 31.6 Å². The number of ether oxygens (including phenoxy) is 2. The van der Waals surface area contributed by atoms with Gasteiger partial charge in [-0.25, -0.2) is 0 Å². The highest BCUT2D eigenvalue weighted by Crippen LogP contribution is 2.24. The average Bonchev–Trinajstić information content (AvgIpc) is 2.77. The Morgan fingerprint density at radius 2 is 2.19 bits per heavy atom. The van der Waals surface area contributed by atoms with E-state index in [9.17, 15) is 0 Å². The van der Waals surface area contributed by atoms with Gasteiger partial charge in [0.05, 0.1) is 12.9 Å². The van der Waals surface area contributed by atoms with E-state index in [0.29, 0.717) is 0 Å². The molecule has 1 aliphatic rings. The van der Waals surface area contributed by atoms with Crippen molar-refractivity contribution in [2.24, 2.45) is 0 Å². The Morgan fingerprint density at radius 1 is 1.19 bits per heavy atom. The average molecular weight is 218 g/mol. The monoisotopic (exact) mass is 218 g/mol. The van der Waals surface area contributed by atoms with E-state index in [2.05, 4.69) is 0 Å². The van der Waals surface area contributed by atoms with E-state index < -0.39 is 0 Å². The van der Waals surface area contributed by atoms with Gasteiger partial charge in [0, 0.05) is 11.8 Å². The van der Waals surface area contributed by atoms with Gasteiger partial charge in [-0.2, -0.15) is 0 Å². The van der Waals surface area contributed by atoms with Gasteiger partial charge < -0.3 is 13.9 Å². The molecule has 1 fully saturated rings. The number of furan rings is 1. The molecular weight excluding hydrogens is 204 g/mol. The minimum absolute atomic E-state index is 0.0851. The Balaban J connectivity index is 1.77. The zero-order valence-corrected chi connectivity index (χ0v) is 9.02. The van der Waals surface area contributed by atoms with E-state index in [1.807, 2.05) is 24.3 Å². The second-order valence-electron chi connectivity index (χ2n) is 4.03. The van der Waals surface area contributed by atoms with Crippen LogP contribution < -0.4 is 4.74 Å². The van der Waals surface area contributed by atoms with Crippen LogP contribution in [0.4, 0.5) is 0 Å². The maximum atomic E-state index is 5.77. The van der Waals surface area contributed by atoms with E-state index in [0.717, 1.165) is 36.2 Å². The standard InChI is InChI=1S/C13H14O3/c1-2-7-15-13(3-1)16-11-4-5-12-10(9-11)6-8-14-12/h4-6,8-9,13H,1-3,7H2. The summed E-state index contributed by atoms with van der Waals surface area (Å²) in [6, 6.07) is 7.76. The molecule has 1 unspecified atom stereocenters. The number of fused-ring (bicyclic) bond motifs is 1. The van der Waals surface area contributed by atoms with Crippen molar-refractivity contribution in [3.63, 3.8) is 0 Å². The highest BCUT2D eigenvalue weighted by molar-refractivity contribution is 5.78. The van der Waals surface area contributed by atoms with Gasteiger partial charge in [-0.1, -0.05) is 0 Å². The van der Waals surface area contributed by atoms with Gasteiger partial charge in [0.1, 0.15) is 11.3 Å². The van der Waals surface area contributed by atoms with Crippen LogP contribution in [-0.4, -0.2) is 12.9 Å². The van der Waals surface area contributed by atoms with Crippen LogP contribution in [-0.2, 0) is 4.74 Å². The molecule has 84 valence electrons. The summed E-state index contributed by atoms with van der Waals surface area (Å²) in [7, 11) is 0. The maximum absolute atomic E-state index is 5.77. The van der Waals surface area contributed by atoms with Crippen molar-refractivity contribution < 1.29 is 13.9 Å². The molecule has 0 N–H and O–H groups in total. The smallest absolute Gasteiger partial charge is 0.199 e. The van der Waals surface area contributed by atoms with Crippen LogP contribution in [0.15, 0.2) is 34.9 Å². The molecule has 0 bridgehead atoms. The van der Waals surface area contributed by atoms with Crippen molar-refractivity contribution in [2.45, 2.75) is 25.6 Å². The Hall–Kier alpha value is -1.48. The zero-order valence-electron chi connectivity index (χ0n) is 9.02. The molecule has 3 heteroatoms. The number of rotatable bonds is 2. The molecule has 1 aromatic carbocycles. The summed E-state index contributed by atoms with van der Waals surface area (Å²) in [5.74, 6) is 0.848. The van der Waals surface area contributed by atoms with Gasteiger partial charge in [-0.05, 0) is 37.1 Å². The predicted octanol–water partition coefficient (Wildman–Crippen LogP) is 3.34. The lowest BCUT2D eigenvalue weighted by Crippen LogP contribution is -2.24. The fourth-order valence-corrected chi connectivity index (χ4v) is 1.97. The first kappa shape index (κ1) is 9.73. The quantitative estimate of drug-likeness (QED) is 0.774. The fourth-order valence-electron chi connectivity index (χ4n) is 1.97. The summed E-state index contributed by atoms with van der Waals surface area (Å²) in [5, 5.41) is 1.06. The maximum Gasteiger partial charge on any atom is 0.199 e. The Bertz CT molecular complexity index is 469. The second-order valence-corrected chi connectivity index (χ2v) is 4.03. The van der Waals surface area contributed by atoms with Gasteiger partial charge in [0.2, 0.25) is 0 Å². The molecule has 0 amide bonds. The normalized spacial score (nSPS) is 21.1. The SMILES string of the molecule is c1cc2cc(OC3CCCCO3)ccc2o1. The number of benzene rings is 1. The number of hydrogen-bond acceptors (Lipinski definition) is 3. The summed E-state index contributed by atoms with van der Waals surface area (Å²) < 4.78 is 16.6. The molecule has 3 rings (SSSR count). The van der Waals surface area contributed by atoms with Crippen LogP contribution in [0.5, 0.6) is 5.75 Å². The summed E-state index contributed by atoms with van der Waals surface area (Å²) in [6.07, 6.45) is 4.90. The molecule has 16 heavy (non-hydrogen) atoms. The second kappa shape index (κ2) is 4.18. The lowest BCUT2D eigenvalue weighted by Gasteiger charge is -2.23. The first-order valence-corrected chi connectivity index (χ1v) is 5.67. The van der Waals surface area contributed by atoms with Gasteiger partial charge in [0.15, 0.2) is 6.29 Å². The van der Waals surface area contributed by atoms with Crippen LogP contribution in [0.2, 0.25) is 0 Å². The van der Waals surface area contributed by atoms with Crippen molar-refractivity contribution in [3.05, 3.63) is 30.5 Å². The van der Waals surface area contributed by atoms with E-state index in [1.165, 1.54) is 6.42 Å². The molecule has 1 atom stereocenters. The van der Waals surface area contributed by atoms with Gasteiger partial charge in [-0.15, -0.1) is 0 Å². The van der Waals surface area contributed by atoms with Crippen LogP contribution >= 0.6 is 0 Å². The molecule has 0 spiro atoms. The molecule has 1 saturated heterocycles. The molecule has 2 aromatic rings. The van der Waals surface area contributed by atoms with Gasteiger partial charge in [-0.3, -0.25) is 0 Å². The lowest BCUT2D eigenvalue weighted by atomic mass is 10.2. The lowest BCUT2D eigenvalue weighted by molar-refractivity contribution is -0.105. The highest BCUT2D eigenvalue weighted by atomic mass is 16.7. The molecule has 1 aromatic heterocycles. The van der Waals surface area contributed by atoms with E-state index >= 15 is 0 Å². The van der Waals surface area contributed by atoms with Gasteiger partial charge >= 0.3 is 0 Å². The van der Waals surface area contributed by atoms with Crippen molar-refractivity contribution in [2.75, 3.05) is 6.61 Å². The van der Waals surface area contributed by atoms with E-state index in [1.54, 1.807) is 6.26 Å². The van der Waals surface area contributed by atoms with E-state index in [-0.39, 0.29) is 6.29 Å². The first-order chi connectivity index (χ1) is 7.92. The third-order valence-electron chi connectivity index (χ3n) is 2.83. The molecule has 1 aliphatic heterocycles. The predicted molar refractivity (Wildman–Crippen MR) is 60.4 cm³/mol. The minimum atomic E-state index is -0.0851. The van der Waals surface area contributed by atoms with Crippen molar-refractivity contribution in [1.82, 2.24) is 0 Å². The Labute approximate surface area is 94.0 Å². The Morgan fingerprint density at radius 3 is 3.06 bits per heavy atom.